The fourth-order valence-corrected chi connectivity index (χ4v) is 3.11. The van der Waals surface area contributed by atoms with Crippen LogP contribution in [-0.2, 0) is 11.3 Å². The molecule has 1 N–H and O–H groups in total. The Morgan fingerprint density at radius 1 is 1.18 bits per heavy atom. The molecule has 0 bridgehead atoms. The minimum Gasteiger partial charge on any atom is -0.343 e. The van der Waals surface area contributed by atoms with E-state index < -0.39 is 0 Å². The highest BCUT2D eigenvalue weighted by Crippen LogP contribution is 2.29. The van der Waals surface area contributed by atoms with Gasteiger partial charge in [0.05, 0.1) is 11.8 Å². The average Bonchev–Trinajstić information content (AvgIpc) is 3.16. The van der Waals surface area contributed by atoms with Crippen molar-refractivity contribution in [3.8, 4) is 0 Å². The largest absolute Gasteiger partial charge is 0.343 e. The van der Waals surface area contributed by atoms with Crippen LogP contribution in [0.25, 0.3) is 11.2 Å². The van der Waals surface area contributed by atoms with E-state index in [4.69, 9.17) is 0 Å². The van der Waals surface area contributed by atoms with Crippen LogP contribution in [0, 0.1) is 0 Å². The number of carbonyl (C=O) groups excluding carboxylic acids is 1. The minimum atomic E-state index is 0.207. The van der Waals surface area contributed by atoms with Crippen molar-refractivity contribution in [1.82, 2.24) is 19.9 Å². The Kier molecular flexibility index (Phi) is 3.11. The molecule has 1 aliphatic rings. The van der Waals surface area contributed by atoms with E-state index in [1.165, 1.54) is 5.56 Å². The van der Waals surface area contributed by atoms with Gasteiger partial charge in [-0.15, -0.1) is 0 Å². The molecule has 1 fully saturated rings. The average molecular weight is 292 g/mol. The molecule has 0 saturated carbocycles. The number of pyridine rings is 1. The molecule has 22 heavy (non-hydrogen) atoms. The highest BCUT2D eigenvalue weighted by atomic mass is 16.2. The maximum Gasteiger partial charge on any atom is 0.223 e. The molecule has 1 aliphatic heterocycles. The molecule has 1 saturated heterocycles. The number of hydrogen-bond donors (Lipinski definition) is 1. The Morgan fingerprint density at radius 3 is 2.91 bits per heavy atom. The lowest BCUT2D eigenvalue weighted by atomic mass is 9.99. The molecule has 1 amide bonds. The number of rotatable bonds is 3. The number of carbonyl (C=O) groups is 1. The van der Waals surface area contributed by atoms with Gasteiger partial charge in [-0.2, -0.15) is 0 Å². The normalized spacial score (nSPS) is 18.3. The Hall–Kier alpha value is -2.69. The van der Waals surface area contributed by atoms with Crippen molar-refractivity contribution in [2.75, 3.05) is 6.54 Å². The van der Waals surface area contributed by atoms with Crippen molar-refractivity contribution in [2.45, 2.75) is 18.9 Å². The van der Waals surface area contributed by atoms with Gasteiger partial charge in [-0.05, 0) is 11.6 Å². The van der Waals surface area contributed by atoms with Gasteiger partial charge in [0.2, 0.25) is 5.91 Å². The van der Waals surface area contributed by atoms with Crippen molar-refractivity contribution >= 4 is 17.1 Å². The molecule has 0 spiro atoms. The fourth-order valence-electron chi connectivity index (χ4n) is 3.11. The molecule has 5 heteroatoms. The zero-order chi connectivity index (χ0) is 14.9. The molecule has 1 aromatic carbocycles. The van der Waals surface area contributed by atoms with E-state index in [-0.39, 0.29) is 11.8 Å². The highest BCUT2D eigenvalue weighted by Gasteiger charge is 2.30. The van der Waals surface area contributed by atoms with Gasteiger partial charge in [0, 0.05) is 37.2 Å². The van der Waals surface area contributed by atoms with Gasteiger partial charge in [-0.25, -0.2) is 9.97 Å². The summed E-state index contributed by atoms with van der Waals surface area (Å²) in [6, 6.07) is 12.2. The van der Waals surface area contributed by atoms with Gasteiger partial charge in [-0.1, -0.05) is 30.3 Å². The maximum atomic E-state index is 12.3. The van der Waals surface area contributed by atoms with E-state index in [1.54, 1.807) is 12.5 Å². The van der Waals surface area contributed by atoms with Crippen molar-refractivity contribution in [3.63, 3.8) is 0 Å². The van der Waals surface area contributed by atoms with Crippen molar-refractivity contribution in [3.05, 3.63) is 60.0 Å². The van der Waals surface area contributed by atoms with Crippen LogP contribution in [0.15, 0.2) is 48.9 Å². The third-order valence-corrected chi connectivity index (χ3v) is 4.26. The zero-order valence-corrected chi connectivity index (χ0v) is 12.1. The SMILES string of the molecule is O=C1C[C@@H](c2ccccc2)CN1Cc1ccnc2nc[nH]c12. The van der Waals surface area contributed by atoms with Crippen LogP contribution >= 0.6 is 0 Å². The third kappa shape index (κ3) is 2.24. The summed E-state index contributed by atoms with van der Waals surface area (Å²) in [5.41, 5.74) is 3.91. The molecule has 2 aromatic heterocycles. The summed E-state index contributed by atoms with van der Waals surface area (Å²) in [4.78, 5) is 25.7. The lowest BCUT2D eigenvalue weighted by molar-refractivity contribution is -0.128. The smallest absolute Gasteiger partial charge is 0.223 e. The monoisotopic (exact) mass is 292 g/mol. The standard InChI is InChI=1S/C17H16N4O/c22-15-8-14(12-4-2-1-3-5-12)10-21(15)9-13-6-7-18-17-16(13)19-11-20-17/h1-7,11,14H,8-10H2,(H,18,19,20)/t14-/m1/s1. The molecule has 0 aliphatic carbocycles. The molecule has 1 atom stereocenters. The molecule has 4 rings (SSSR count). The molecule has 110 valence electrons. The van der Waals surface area contributed by atoms with Gasteiger partial charge in [0.25, 0.3) is 0 Å². The number of nitrogens with zero attached hydrogens (tertiary/aromatic N) is 3. The number of amides is 1. The van der Waals surface area contributed by atoms with Gasteiger partial charge < -0.3 is 9.88 Å². The Bertz CT molecular complexity index is 812. The predicted octanol–water partition coefficient (Wildman–Crippen LogP) is 2.47. The van der Waals surface area contributed by atoms with Crippen molar-refractivity contribution in [2.24, 2.45) is 0 Å². The first-order chi connectivity index (χ1) is 10.8. The van der Waals surface area contributed by atoms with Crippen LogP contribution in [0.1, 0.15) is 23.5 Å². The van der Waals surface area contributed by atoms with E-state index >= 15 is 0 Å². The second kappa shape index (κ2) is 5.26. The summed E-state index contributed by atoms with van der Waals surface area (Å²) in [6.45, 7) is 1.37. The van der Waals surface area contributed by atoms with Gasteiger partial charge in [0.15, 0.2) is 5.65 Å². The van der Waals surface area contributed by atoms with E-state index in [0.717, 1.165) is 17.6 Å². The van der Waals surface area contributed by atoms with Gasteiger partial charge in [0.1, 0.15) is 0 Å². The number of aromatic amines is 1. The Labute approximate surface area is 128 Å². The summed E-state index contributed by atoms with van der Waals surface area (Å²) in [5, 5.41) is 0. The topological polar surface area (TPSA) is 61.9 Å². The fraction of sp³-hybridized carbons (Fsp3) is 0.235. The maximum absolute atomic E-state index is 12.3. The minimum absolute atomic E-state index is 0.207. The molecule has 3 heterocycles. The summed E-state index contributed by atoms with van der Waals surface area (Å²) in [5.74, 6) is 0.492. The summed E-state index contributed by atoms with van der Waals surface area (Å²) >= 11 is 0. The molecular formula is C17H16N4O. The molecule has 5 nitrogen and oxygen atoms in total. The molecule has 3 aromatic rings. The first kappa shape index (κ1) is 13.0. The van der Waals surface area contributed by atoms with Crippen LogP contribution in [-0.4, -0.2) is 32.3 Å². The summed E-state index contributed by atoms with van der Waals surface area (Å²) in [6.07, 6.45) is 3.97. The molecular weight excluding hydrogens is 276 g/mol. The van der Waals surface area contributed by atoms with Gasteiger partial charge in [-0.3, -0.25) is 4.79 Å². The van der Waals surface area contributed by atoms with E-state index in [1.807, 2.05) is 29.2 Å². The Morgan fingerprint density at radius 2 is 2.05 bits per heavy atom. The van der Waals surface area contributed by atoms with Crippen LogP contribution < -0.4 is 0 Å². The highest BCUT2D eigenvalue weighted by molar-refractivity contribution is 5.81. The number of benzene rings is 1. The number of H-pyrrole nitrogens is 1. The number of fused-ring (bicyclic) bond motifs is 1. The molecule has 0 unspecified atom stereocenters. The number of likely N-dealkylation sites (tertiary alicyclic amines) is 1. The zero-order valence-electron chi connectivity index (χ0n) is 12.1. The lowest BCUT2D eigenvalue weighted by Gasteiger charge is -2.17. The second-order valence-corrected chi connectivity index (χ2v) is 5.66. The quantitative estimate of drug-likeness (QED) is 0.806. The predicted molar refractivity (Wildman–Crippen MR) is 83.1 cm³/mol. The summed E-state index contributed by atoms with van der Waals surface area (Å²) < 4.78 is 0. The van der Waals surface area contributed by atoms with Crippen LogP contribution in [0.4, 0.5) is 0 Å². The number of hydrogen-bond acceptors (Lipinski definition) is 3. The Balaban J connectivity index is 1.56. The number of imidazole rings is 1. The third-order valence-electron chi connectivity index (χ3n) is 4.26. The van der Waals surface area contributed by atoms with Crippen LogP contribution in [0.3, 0.4) is 0 Å². The van der Waals surface area contributed by atoms with Crippen LogP contribution in [0.5, 0.6) is 0 Å². The van der Waals surface area contributed by atoms with E-state index in [2.05, 4.69) is 27.1 Å². The second-order valence-electron chi connectivity index (χ2n) is 5.66. The number of aromatic nitrogens is 3. The number of nitrogens with one attached hydrogen (secondary N) is 1. The van der Waals surface area contributed by atoms with Crippen molar-refractivity contribution in [1.29, 1.82) is 0 Å². The molecule has 0 radical (unpaired) electrons. The van der Waals surface area contributed by atoms with E-state index in [9.17, 15) is 4.79 Å². The van der Waals surface area contributed by atoms with Crippen LogP contribution in [0.2, 0.25) is 0 Å². The first-order valence-corrected chi connectivity index (χ1v) is 7.41. The van der Waals surface area contributed by atoms with Gasteiger partial charge >= 0.3 is 0 Å². The summed E-state index contributed by atoms with van der Waals surface area (Å²) in [7, 11) is 0. The van der Waals surface area contributed by atoms with Crippen molar-refractivity contribution < 1.29 is 4.79 Å². The first-order valence-electron chi connectivity index (χ1n) is 7.41. The van der Waals surface area contributed by atoms with E-state index in [0.29, 0.717) is 18.6 Å². The lowest BCUT2D eigenvalue weighted by Crippen LogP contribution is -2.24.